The summed E-state index contributed by atoms with van der Waals surface area (Å²) in [7, 11) is 0. The van der Waals surface area contributed by atoms with Gasteiger partial charge in [0.1, 0.15) is 6.54 Å². The Morgan fingerprint density at radius 2 is 2.16 bits per heavy atom. The normalized spacial score (nSPS) is 16.9. The van der Waals surface area contributed by atoms with Crippen molar-refractivity contribution in [2.24, 2.45) is 5.92 Å². The molecule has 2 aromatic heterocycles. The number of halogens is 3. The number of nitrogens with one attached hydrogen (secondary N) is 1. The minimum Gasteiger partial charge on any atom is -0.347 e. The summed E-state index contributed by atoms with van der Waals surface area (Å²) in [5.41, 5.74) is 0. The van der Waals surface area contributed by atoms with E-state index in [9.17, 15) is 18.0 Å². The van der Waals surface area contributed by atoms with Crippen molar-refractivity contribution in [1.82, 2.24) is 20.4 Å². The summed E-state index contributed by atoms with van der Waals surface area (Å²) < 4.78 is 41.7. The number of hydrogen-bond acceptors (Lipinski definition) is 6. The molecule has 6 nitrogen and oxygen atoms in total. The van der Waals surface area contributed by atoms with Gasteiger partial charge in [0.25, 0.3) is 0 Å². The molecule has 0 aromatic carbocycles. The van der Waals surface area contributed by atoms with Crippen molar-refractivity contribution in [3.63, 3.8) is 0 Å². The number of aromatic nitrogens is 2. The number of likely N-dealkylation sites (tertiary alicyclic amines) is 1. The zero-order chi connectivity index (χ0) is 17.9. The van der Waals surface area contributed by atoms with E-state index in [0.29, 0.717) is 44.2 Å². The van der Waals surface area contributed by atoms with Gasteiger partial charge in [0.15, 0.2) is 0 Å². The quantitative estimate of drug-likeness (QED) is 0.871. The molecule has 1 N–H and O–H groups in total. The number of thiophene rings is 1. The first kappa shape index (κ1) is 17.9. The Balaban J connectivity index is 1.46. The minimum atomic E-state index is -4.38. The maximum absolute atomic E-state index is 12.1. The summed E-state index contributed by atoms with van der Waals surface area (Å²) in [5.74, 6) is 0.118. The molecular weight excluding hydrogens is 357 g/mol. The maximum atomic E-state index is 12.1. The molecule has 0 bridgehead atoms. The third kappa shape index (κ3) is 5.02. The van der Waals surface area contributed by atoms with E-state index in [1.54, 1.807) is 0 Å². The summed E-state index contributed by atoms with van der Waals surface area (Å²) in [6.45, 7) is 0.385. The van der Waals surface area contributed by atoms with Gasteiger partial charge in [-0.3, -0.25) is 9.69 Å². The summed E-state index contributed by atoms with van der Waals surface area (Å²) in [4.78, 5) is 19.1. The second kappa shape index (κ2) is 7.52. The maximum Gasteiger partial charge on any atom is 0.405 e. The van der Waals surface area contributed by atoms with Crippen LogP contribution in [0.2, 0.25) is 0 Å². The van der Waals surface area contributed by atoms with Crippen molar-refractivity contribution in [3.8, 4) is 10.7 Å². The Hall–Kier alpha value is -1.94. The van der Waals surface area contributed by atoms with E-state index in [1.165, 1.54) is 11.3 Å². The molecule has 2 aromatic rings. The zero-order valence-electron chi connectivity index (χ0n) is 13.3. The van der Waals surface area contributed by atoms with Gasteiger partial charge in [0, 0.05) is 5.92 Å². The average molecular weight is 374 g/mol. The van der Waals surface area contributed by atoms with Crippen molar-refractivity contribution in [2.75, 3.05) is 19.6 Å². The van der Waals surface area contributed by atoms with Crippen molar-refractivity contribution in [2.45, 2.75) is 25.6 Å². The van der Waals surface area contributed by atoms with Gasteiger partial charge in [-0.25, -0.2) is 0 Å². The molecule has 0 unspecified atom stereocenters. The predicted molar refractivity (Wildman–Crippen MR) is 84.7 cm³/mol. The van der Waals surface area contributed by atoms with Gasteiger partial charge in [0.2, 0.25) is 17.6 Å². The molecule has 1 saturated heterocycles. The minimum absolute atomic E-state index is 0.386. The summed E-state index contributed by atoms with van der Waals surface area (Å²) in [6, 6.07) is 3.81. The van der Waals surface area contributed by atoms with E-state index in [2.05, 4.69) is 15.0 Å². The monoisotopic (exact) mass is 374 g/mol. The van der Waals surface area contributed by atoms with Gasteiger partial charge in [-0.15, -0.1) is 11.3 Å². The lowest BCUT2D eigenvalue weighted by molar-refractivity contribution is -0.141. The molecule has 0 radical (unpaired) electrons. The second-order valence-electron chi connectivity index (χ2n) is 5.87. The zero-order valence-corrected chi connectivity index (χ0v) is 14.1. The molecule has 0 atom stereocenters. The van der Waals surface area contributed by atoms with Crippen molar-refractivity contribution >= 4 is 17.2 Å². The van der Waals surface area contributed by atoms with Crippen LogP contribution in [-0.4, -0.2) is 46.8 Å². The highest BCUT2D eigenvalue weighted by atomic mass is 32.1. The third-order valence-electron chi connectivity index (χ3n) is 3.99. The van der Waals surface area contributed by atoms with Gasteiger partial charge in [-0.1, -0.05) is 11.2 Å². The van der Waals surface area contributed by atoms with E-state index in [1.807, 2.05) is 22.8 Å². The van der Waals surface area contributed by atoms with Crippen LogP contribution in [0.3, 0.4) is 0 Å². The number of amides is 1. The molecule has 3 heterocycles. The highest BCUT2D eigenvalue weighted by Gasteiger charge is 2.31. The largest absolute Gasteiger partial charge is 0.405 e. The number of carbonyl (C=O) groups is 1. The number of alkyl halides is 3. The molecule has 10 heteroatoms. The lowest BCUT2D eigenvalue weighted by atomic mass is 9.96. The fourth-order valence-electron chi connectivity index (χ4n) is 2.70. The molecule has 0 saturated carbocycles. The molecule has 136 valence electrons. The van der Waals surface area contributed by atoms with Crippen molar-refractivity contribution < 1.29 is 22.5 Å². The molecule has 1 aliphatic heterocycles. The third-order valence-corrected chi connectivity index (χ3v) is 4.86. The first-order valence-electron chi connectivity index (χ1n) is 7.84. The van der Waals surface area contributed by atoms with Crippen LogP contribution >= 0.6 is 11.3 Å². The van der Waals surface area contributed by atoms with Crippen LogP contribution in [0.15, 0.2) is 22.0 Å². The first-order chi connectivity index (χ1) is 11.9. The van der Waals surface area contributed by atoms with E-state index in [4.69, 9.17) is 4.52 Å². The molecule has 1 amide bonds. The number of nitrogens with zero attached hydrogens (tertiary/aromatic N) is 3. The molecule has 25 heavy (non-hydrogen) atoms. The number of piperidine rings is 1. The van der Waals surface area contributed by atoms with Gasteiger partial charge in [-0.2, -0.15) is 18.2 Å². The van der Waals surface area contributed by atoms with Crippen LogP contribution < -0.4 is 5.32 Å². The highest BCUT2D eigenvalue weighted by molar-refractivity contribution is 7.13. The summed E-state index contributed by atoms with van der Waals surface area (Å²) in [5, 5.41) is 7.83. The molecular formula is C15H17F3N4O2S. The van der Waals surface area contributed by atoms with E-state index < -0.39 is 18.6 Å². The Morgan fingerprint density at radius 1 is 1.40 bits per heavy atom. The van der Waals surface area contributed by atoms with Gasteiger partial charge in [0.05, 0.1) is 11.4 Å². The SMILES string of the molecule is O=C(NCC(F)(F)F)C1CCN(Cc2nc(-c3cccs3)no2)CC1. The topological polar surface area (TPSA) is 71.3 Å². The molecule has 1 fully saturated rings. The highest BCUT2D eigenvalue weighted by Crippen LogP contribution is 2.23. The van der Waals surface area contributed by atoms with Gasteiger partial charge in [-0.05, 0) is 37.4 Å². The Labute approximate surface area is 146 Å². The number of hydrogen-bond donors (Lipinski definition) is 1. The van der Waals surface area contributed by atoms with E-state index in [0.717, 1.165) is 4.88 Å². The summed E-state index contributed by atoms with van der Waals surface area (Å²) >= 11 is 1.52. The van der Waals surface area contributed by atoms with Crippen LogP contribution in [0, 0.1) is 5.92 Å². The lowest BCUT2D eigenvalue weighted by Gasteiger charge is -2.30. The average Bonchev–Trinajstić information content (AvgIpc) is 3.24. The lowest BCUT2D eigenvalue weighted by Crippen LogP contribution is -2.42. The van der Waals surface area contributed by atoms with Crippen LogP contribution in [0.4, 0.5) is 13.2 Å². The second-order valence-corrected chi connectivity index (χ2v) is 6.82. The predicted octanol–water partition coefficient (Wildman–Crippen LogP) is 2.69. The number of carbonyl (C=O) groups excluding carboxylic acids is 1. The molecule has 1 aliphatic rings. The Kier molecular flexibility index (Phi) is 5.38. The van der Waals surface area contributed by atoms with Crippen LogP contribution in [0.1, 0.15) is 18.7 Å². The fourth-order valence-corrected chi connectivity index (χ4v) is 3.35. The van der Waals surface area contributed by atoms with Crippen LogP contribution in [0.5, 0.6) is 0 Å². The van der Waals surface area contributed by atoms with Gasteiger partial charge >= 0.3 is 6.18 Å². The van der Waals surface area contributed by atoms with Crippen LogP contribution in [-0.2, 0) is 11.3 Å². The van der Waals surface area contributed by atoms with Crippen molar-refractivity contribution in [3.05, 3.63) is 23.4 Å². The van der Waals surface area contributed by atoms with E-state index >= 15 is 0 Å². The molecule has 0 spiro atoms. The molecule has 3 rings (SSSR count). The summed E-state index contributed by atoms with van der Waals surface area (Å²) in [6.07, 6.45) is -3.36. The Bertz CT molecular complexity index is 694. The van der Waals surface area contributed by atoms with E-state index in [-0.39, 0.29) is 5.92 Å². The molecule has 0 aliphatic carbocycles. The standard InChI is InChI=1S/C15H17F3N4O2S/c16-15(17,18)9-19-14(23)10-3-5-22(6-4-10)8-12-20-13(21-24-12)11-2-1-7-25-11/h1-2,7,10H,3-6,8-9H2,(H,19,23). The number of rotatable bonds is 5. The fraction of sp³-hybridized carbons (Fsp3) is 0.533. The Morgan fingerprint density at radius 3 is 2.80 bits per heavy atom. The van der Waals surface area contributed by atoms with Gasteiger partial charge < -0.3 is 9.84 Å². The van der Waals surface area contributed by atoms with Crippen molar-refractivity contribution in [1.29, 1.82) is 0 Å². The first-order valence-corrected chi connectivity index (χ1v) is 8.72. The smallest absolute Gasteiger partial charge is 0.347 e. The van der Waals surface area contributed by atoms with Crippen LogP contribution in [0.25, 0.3) is 10.7 Å².